The fraction of sp³-hybridized carbons (Fsp3) is 0.381. The standard InChI is InChI=1S/C21H28FN3O/c1-16(2)26-15-18-10-8-17(9-11-18)14-25-21(23-3)24-13-12-19-6-4-5-7-20(19)22/h4-11,16H,12-15H2,1-3H3,(H2,23,24,25). The van der Waals surface area contributed by atoms with E-state index < -0.39 is 0 Å². The van der Waals surface area contributed by atoms with Crippen LogP contribution in [0.3, 0.4) is 0 Å². The van der Waals surface area contributed by atoms with Crippen molar-refractivity contribution in [1.82, 2.24) is 10.6 Å². The van der Waals surface area contributed by atoms with E-state index in [2.05, 4.69) is 39.9 Å². The van der Waals surface area contributed by atoms with Crippen molar-refractivity contribution in [2.24, 2.45) is 4.99 Å². The Bertz CT molecular complexity index is 699. The van der Waals surface area contributed by atoms with Crippen molar-refractivity contribution in [3.63, 3.8) is 0 Å². The number of benzene rings is 2. The molecule has 140 valence electrons. The molecule has 0 radical (unpaired) electrons. The van der Waals surface area contributed by atoms with E-state index in [1.54, 1.807) is 19.2 Å². The van der Waals surface area contributed by atoms with E-state index in [0.717, 1.165) is 11.1 Å². The largest absolute Gasteiger partial charge is 0.374 e. The Balaban J connectivity index is 1.75. The maximum Gasteiger partial charge on any atom is 0.191 e. The number of halogens is 1. The minimum Gasteiger partial charge on any atom is -0.374 e. The molecular formula is C21H28FN3O. The number of rotatable bonds is 8. The van der Waals surface area contributed by atoms with E-state index in [9.17, 15) is 4.39 Å². The van der Waals surface area contributed by atoms with Crippen molar-refractivity contribution in [3.05, 3.63) is 71.0 Å². The number of hydrogen-bond donors (Lipinski definition) is 2. The molecule has 0 saturated carbocycles. The molecule has 26 heavy (non-hydrogen) atoms. The highest BCUT2D eigenvalue weighted by Crippen LogP contribution is 2.07. The fourth-order valence-corrected chi connectivity index (χ4v) is 2.44. The highest BCUT2D eigenvalue weighted by Gasteiger charge is 2.03. The summed E-state index contributed by atoms with van der Waals surface area (Å²) in [5, 5.41) is 6.48. The first-order chi connectivity index (χ1) is 12.6. The molecule has 2 N–H and O–H groups in total. The van der Waals surface area contributed by atoms with Crippen LogP contribution in [0.2, 0.25) is 0 Å². The van der Waals surface area contributed by atoms with E-state index in [1.165, 1.54) is 6.07 Å². The topological polar surface area (TPSA) is 45.7 Å². The van der Waals surface area contributed by atoms with Crippen molar-refractivity contribution >= 4 is 5.96 Å². The van der Waals surface area contributed by atoms with Crippen LogP contribution in [0.4, 0.5) is 4.39 Å². The lowest BCUT2D eigenvalue weighted by molar-refractivity contribution is 0.0657. The highest BCUT2D eigenvalue weighted by molar-refractivity contribution is 5.79. The Kier molecular flexibility index (Phi) is 8.09. The van der Waals surface area contributed by atoms with Crippen LogP contribution in [0.25, 0.3) is 0 Å². The number of nitrogens with zero attached hydrogens (tertiary/aromatic N) is 1. The molecule has 2 rings (SSSR count). The lowest BCUT2D eigenvalue weighted by Crippen LogP contribution is -2.37. The third kappa shape index (κ3) is 6.84. The monoisotopic (exact) mass is 357 g/mol. The van der Waals surface area contributed by atoms with E-state index in [-0.39, 0.29) is 11.9 Å². The Morgan fingerprint density at radius 3 is 2.38 bits per heavy atom. The van der Waals surface area contributed by atoms with Gasteiger partial charge in [0.1, 0.15) is 5.82 Å². The van der Waals surface area contributed by atoms with Crippen LogP contribution in [0.1, 0.15) is 30.5 Å². The second-order valence-electron chi connectivity index (χ2n) is 6.37. The Hall–Kier alpha value is -2.40. The van der Waals surface area contributed by atoms with Gasteiger partial charge in [0.2, 0.25) is 0 Å². The minimum absolute atomic E-state index is 0.168. The van der Waals surface area contributed by atoms with Crippen molar-refractivity contribution in [2.75, 3.05) is 13.6 Å². The van der Waals surface area contributed by atoms with Gasteiger partial charge in [0.15, 0.2) is 5.96 Å². The molecule has 0 atom stereocenters. The molecule has 2 aromatic carbocycles. The van der Waals surface area contributed by atoms with Gasteiger partial charge in [-0.05, 0) is 43.0 Å². The molecule has 0 aliphatic heterocycles. The molecule has 0 spiro atoms. The van der Waals surface area contributed by atoms with Gasteiger partial charge >= 0.3 is 0 Å². The van der Waals surface area contributed by atoms with Crippen molar-refractivity contribution in [3.8, 4) is 0 Å². The summed E-state index contributed by atoms with van der Waals surface area (Å²) in [5.41, 5.74) is 3.03. The Morgan fingerprint density at radius 1 is 1.04 bits per heavy atom. The molecule has 0 unspecified atom stereocenters. The van der Waals surface area contributed by atoms with Gasteiger partial charge in [-0.25, -0.2) is 4.39 Å². The van der Waals surface area contributed by atoms with Crippen molar-refractivity contribution in [2.45, 2.75) is 39.5 Å². The number of ether oxygens (including phenoxy) is 1. The predicted molar refractivity (Wildman–Crippen MR) is 105 cm³/mol. The summed E-state index contributed by atoms with van der Waals surface area (Å²) in [6.45, 7) is 5.98. The third-order valence-electron chi connectivity index (χ3n) is 3.93. The predicted octanol–water partition coefficient (Wildman–Crippen LogP) is 3.66. The molecule has 0 heterocycles. The molecule has 0 aliphatic rings. The van der Waals surface area contributed by atoms with E-state index in [1.807, 2.05) is 19.9 Å². The normalized spacial score (nSPS) is 11.7. The number of hydrogen-bond acceptors (Lipinski definition) is 2. The molecule has 0 fully saturated rings. The van der Waals surface area contributed by atoms with Crippen LogP contribution < -0.4 is 10.6 Å². The number of aliphatic imine (C=N–C) groups is 1. The second kappa shape index (κ2) is 10.6. The molecule has 4 nitrogen and oxygen atoms in total. The molecule has 0 aromatic heterocycles. The molecular weight excluding hydrogens is 329 g/mol. The average Bonchev–Trinajstić information content (AvgIpc) is 2.65. The van der Waals surface area contributed by atoms with Gasteiger partial charge in [-0.3, -0.25) is 4.99 Å². The van der Waals surface area contributed by atoms with Crippen LogP contribution in [-0.4, -0.2) is 25.7 Å². The SMILES string of the molecule is CN=C(NCCc1ccccc1F)NCc1ccc(COC(C)C)cc1. The second-order valence-corrected chi connectivity index (χ2v) is 6.37. The fourth-order valence-electron chi connectivity index (χ4n) is 2.44. The summed E-state index contributed by atoms with van der Waals surface area (Å²) in [7, 11) is 1.73. The summed E-state index contributed by atoms with van der Waals surface area (Å²) in [6.07, 6.45) is 0.841. The first-order valence-electron chi connectivity index (χ1n) is 8.96. The van der Waals surface area contributed by atoms with Gasteiger partial charge < -0.3 is 15.4 Å². The summed E-state index contributed by atoms with van der Waals surface area (Å²) in [5.74, 6) is 0.535. The zero-order chi connectivity index (χ0) is 18.8. The molecule has 0 saturated heterocycles. The van der Waals surface area contributed by atoms with Gasteiger partial charge in [0, 0.05) is 20.1 Å². The smallest absolute Gasteiger partial charge is 0.191 e. The summed E-state index contributed by atoms with van der Waals surface area (Å²) in [6, 6.07) is 15.2. The minimum atomic E-state index is -0.168. The Labute approximate surface area is 155 Å². The van der Waals surface area contributed by atoms with Crippen LogP contribution in [0.15, 0.2) is 53.5 Å². The van der Waals surface area contributed by atoms with E-state index in [4.69, 9.17) is 4.74 Å². The van der Waals surface area contributed by atoms with Gasteiger partial charge in [-0.15, -0.1) is 0 Å². The maximum absolute atomic E-state index is 13.6. The van der Waals surface area contributed by atoms with E-state index in [0.29, 0.717) is 37.6 Å². The van der Waals surface area contributed by atoms with Crippen LogP contribution in [0, 0.1) is 5.82 Å². The van der Waals surface area contributed by atoms with Crippen LogP contribution in [-0.2, 0) is 24.3 Å². The first kappa shape index (κ1) is 19.9. The van der Waals surface area contributed by atoms with Crippen LogP contribution >= 0.6 is 0 Å². The lowest BCUT2D eigenvalue weighted by Gasteiger charge is -2.13. The molecule has 0 bridgehead atoms. The lowest BCUT2D eigenvalue weighted by atomic mass is 10.1. The zero-order valence-electron chi connectivity index (χ0n) is 15.8. The summed E-state index contributed by atoms with van der Waals surface area (Å²) < 4.78 is 19.2. The highest BCUT2D eigenvalue weighted by atomic mass is 19.1. The summed E-state index contributed by atoms with van der Waals surface area (Å²) in [4.78, 5) is 4.20. The average molecular weight is 357 g/mol. The summed E-state index contributed by atoms with van der Waals surface area (Å²) >= 11 is 0. The van der Waals surface area contributed by atoms with Gasteiger partial charge in [0.05, 0.1) is 12.7 Å². The molecule has 0 aliphatic carbocycles. The molecule has 0 amide bonds. The van der Waals surface area contributed by atoms with Gasteiger partial charge in [0.25, 0.3) is 0 Å². The zero-order valence-corrected chi connectivity index (χ0v) is 15.8. The quantitative estimate of drug-likeness (QED) is 0.560. The first-order valence-corrected chi connectivity index (χ1v) is 8.96. The van der Waals surface area contributed by atoms with Gasteiger partial charge in [-0.1, -0.05) is 42.5 Å². The molecule has 5 heteroatoms. The number of nitrogens with one attached hydrogen (secondary N) is 2. The maximum atomic E-state index is 13.6. The van der Waals surface area contributed by atoms with Crippen molar-refractivity contribution in [1.29, 1.82) is 0 Å². The number of guanidine groups is 1. The van der Waals surface area contributed by atoms with E-state index >= 15 is 0 Å². The van der Waals surface area contributed by atoms with Crippen LogP contribution in [0.5, 0.6) is 0 Å². The Morgan fingerprint density at radius 2 is 1.73 bits per heavy atom. The van der Waals surface area contributed by atoms with Gasteiger partial charge in [-0.2, -0.15) is 0 Å². The van der Waals surface area contributed by atoms with Crippen molar-refractivity contribution < 1.29 is 9.13 Å². The molecule has 2 aromatic rings. The third-order valence-corrected chi connectivity index (χ3v) is 3.93.